The molecule has 0 atom stereocenters. The van der Waals surface area contributed by atoms with E-state index in [1.165, 1.54) is 16.4 Å². The van der Waals surface area contributed by atoms with E-state index in [2.05, 4.69) is 12.2 Å². The summed E-state index contributed by atoms with van der Waals surface area (Å²) in [4.78, 5) is 10.4. The van der Waals surface area contributed by atoms with E-state index in [0.717, 1.165) is 31.7 Å². The SMILES string of the molecule is CCCCCCNc1ccc([N+](=O)[O-])cc1S(=O)(=O)N1CCOCC1. The minimum absolute atomic E-state index is 0.0425. The van der Waals surface area contributed by atoms with Gasteiger partial charge >= 0.3 is 0 Å². The highest BCUT2D eigenvalue weighted by atomic mass is 32.2. The van der Waals surface area contributed by atoms with Crippen molar-refractivity contribution in [3.8, 4) is 0 Å². The average Bonchev–Trinajstić information content (AvgIpc) is 2.62. The van der Waals surface area contributed by atoms with E-state index >= 15 is 0 Å². The Morgan fingerprint density at radius 1 is 1.24 bits per heavy atom. The first-order valence-corrected chi connectivity index (χ1v) is 10.0. The van der Waals surface area contributed by atoms with Gasteiger partial charge in [0.2, 0.25) is 10.0 Å². The lowest BCUT2D eigenvalue weighted by atomic mass is 10.2. The van der Waals surface area contributed by atoms with E-state index in [1.807, 2.05) is 0 Å². The Morgan fingerprint density at radius 3 is 2.60 bits per heavy atom. The molecular weight excluding hydrogens is 346 g/mol. The van der Waals surface area contributed by atoms with Gasteiger partial charge in [0.15, 0.2) is 0 Å². The van der Waals surface area contributed by atoms with E-state index in [1.54, 1.807) is 0 Å². The van der Waals surface area contributed by atoms with Crippen LogP contribution in [0.2, 0.25) is 0 Å². The van der Waals surface area contributed by atoms with Crippen molar-refractivity contribution in [3.05, 3.63) is 28.3 Å². The van der Waals surface area contributed by atoms with Gasteiger partial charge in [-0.3, -0.25) is 10.1 Å². The van der Waals surface area contributed by atoms with Crippen molar-refractivity contribution in [2.24, 2.45) is 0 Å². The van der Waals surface area contributed by atoms with Crippen LogP contribution in [0.3, 0.4) is 0 Å². The van der Waals surface area contributed by atoms with Crippen LogP contribution in [0.4, 0.5) is 11.4 Å². The van der Waals surface area contributed by atoms with Crippen LogP contribution in [-0.2, 0) is 14.8 Å². The number of nitrogens with zero attached hydrogens (tertiary/aromatic N) is 2. The summed E-state index contributed by atoms with van der Waals surface area (Å²) in [5.41, 5.74) is 0.178. The van der Waals surface area contributed by atoms with Gasteiger partial charge in [0.25, 0.3) is 5.69 Å². The van der Waals surface area contributed by atoms with Crippen LogP contribution < -0.4 is 5.32 Å². The lowest BCUT2D eigenvalue weighted by Gasteiger charge is -2.27. The summed E-state index contributed by atoms with van der Waals surface area (Å²) in [5.74, 6) is 0. The van der Waals surface area contributed by atoms with Crippen LogP contribution in [0.1, 0.15) is 32.6 Å². The van der Waals surface area contributed by atoms with Gasteiger partial charge in [-0.2, -0.15) is 4.31 Å². The number of hydrogen-bond donors (Lipinski definition) is 1. The number of hydrogen-bond acceptors (Lipinski definition) is 6. The zero-order valence-corrected chi connectivity index (χ0v) is 15.3. The molecule has 140 valence electrons. The molecule has 8 nitrogen and oxygen atoms in total. The van der Waals surface area contributed by atoms with Crippen molar-refractivity contribution in [2.45, 2.75) is 37.5 Å². The molecule has 0 aliphatic carbocycles. The van der Waals surface area contributed by atoms with Crippen molar-refractivity contribution < 1.29 is 18.1 Å². The molecule has 1 aromatic rings. The fourth-order valence-electron chi connectivity index (χ4n) is 2.68. The van der Waals surface area contributed by atoms with Crippen LogP contribution in [0.5, 0.6) is 0 Å². The summed E-state index contributed by atoms with van der Waals surface area (Å²) in [6.45, 7) is 3.91. The number of ether oxygens (including phenoxy) is 1. The maximum absolute atomic E-state index is 12.9. The molecule has 25 heavy (non-hydrogen) atoms. The number of sulfonamides is 1. The first-order chi connectivity index (χ1) is 12.0. The molecule has 0 bridgehead atoms. The van der Waals surface area contributed by atoms with Gasteiger partial charge in [-0.1, -0.05) is 26.2 Å². The van der Waals surface area contributed by atoms with Gasteiger partial charge in [0.1, 0.15) is 4.90 Å². The lowest BCUT2D eigenvalue weighted by molar-refractivity contribution is -0.385. The van der Waals surface area contributed by atoms with Gasteiger partial charge in [0.05, 0.1) is 23.8 Å². The van der Waals surface area contributed by atoms with Gasteiger partial charge in [0, 0.05) is 31.8 Å². The van der Waals surface area contributed by atoms with Crippen LogP contribution in [-0.4, -0.2) is 50.5 Å². The van der Waals surface area contributed by atoms with Crippen LogP contribution >= 0.6 is 0 Å². The Balaban J connectivity index is 2.25. The van der Waals surface area contributed by atoms with Gasteiger partial charge in [-0.05, 0) is 12.5 Å². The summed E-state index contributed by atoms with van der Waals surface area (Å²) in [7, 11) is -3.81. The normalized spacial score (nSPS) is 15.9. The van der Waals surface area contributed by atoms with E-state index in [4.69, 9.17) is 4.74 Å². The summed E-state index contributed by atoms with van der Waals surface area (Å²) >= 11 is 0. The summed E-state index contributed by atoms with van der Waals surface area (Å²) in [6, 6.07) is 3.94. The molecule has 0 unspecified atom stereocenters. The third kappa shape index (κ3) is 5.13. The number of nitrogens with one attached hydrogen (secondary N) is 1. The quantitative estimate of drug-likeness (QED) is 0.407. The second-order valence-electron chi connectivity index (χ2n) is 5.94. The Bertz CT molecular complexity index is 687. The first kappa shape index (κ1) is 19.6. The number of morpholine rings is 1. The molecule has 0 amide bonds. The molecule has 0 radical (unpaired) electrons. The largest absolute Gasteiger partial charge is 0.384 e. The molecule has 1 N–H and O–H groups in total. The van der Waals surface area contributed by atoms with Crippen LogP contribution in [0.15, 0.2) is 23.1 Å². The molecule has 1 heterocycles. The minimum atomic E-state index is -3.81. The maximum atomic E-state index is 12.9. The number of nitro benzene ring substituents is 1. The monoisotopic (exact) mass is 371 g/mol. The molecule has 9 heteroatoms. The smallest absolute Gasteiger partial charge is 0.270 e. The molecule has 2 rings (SSSR count). The van der Waals surface area contributed by atoms with Crippen molar-refractivity contribution in [2.75, 3.05) is 38.2 Å². The average molecular weight is 371 g/mol. The summed E-state index contributed by atoms with van der Waals surface area (Å²) in [6.07, 6.45) is 4.22. The topological polar surface area (TPSA) is 102 Å². The third-order valence-corrected chi connectivity index (χ3v) is 6.05. The molecular formula is C16H25N3O5S. The third-order valence-electron chi connectivity index (χ3n) is 4.11. The van der Waals surface area contributed by atoms with Gasteiger partial charge in [-0.15, -0.1) is 0 Å². The lowest BCUT2D eigenvalue weighted by Crippen LogP contribution is -2.40. The second-order valence-corrected chi connectivity index (χ2v) is 7.85. The Kier molecular flexibility index (Phi) is 7.15. The zero-order valence-electron chi connectivity index (χ0n) is 14.4. The fraction of sp³-hybridized carbons (Fsp3) is 0.625. The Hall–Kier alpha value is -1.71. The molecule has 1 fully saturated rings. The number of anilines is 1. The number of rotatable bonds is 9. The highest BCUT2D eigenvalue weighted by Gasteiger charge is 2.30. The summed E-state index contributed by atoms with van der Waals surface area (Å²) in [5, 5.41) is 14.2. The number of nitro groups is 1. The van der Waals surface area contributed by atoms with E-state index in [0.29, 0.717) is 25.4 Å². The van der Waals surface area contributed by atoms with Crippen molar-refractivity contribution in [1.29, 1.82) is 0 Å². The second kappa shape index (κ2) is 9.12. The molecule has 1 aliphatic rings. The molecule has 0 saturated carbocycles. The van der Waals surface area contributed by atoms with Crippen LogP contribution in [0, 0.1) is 10.1 Å². The van der Waals surface area contributed by atoms with Gasteiger partial charge in [-0.25, -0.2) is 8.42 Å². The Labute approximate surface area is 148 Å². The fourth-order valence-corrected chi connectivity index (χ4v) is 4.28. The molecule has 0 aromatic heterocycles. The van der Waals surface area contributed by atoms with Crippen molar-refractivity contribution >= 4 is 21.4 Å². The standard InChI is InChI=1S/C16H25N3O5S/c1-2-3-4-5-8-17-15-7-6-14(19(20)21)13-16(15)25(22,23)18-9-11-24-12-10-18/h6-7,13,17H,2-5,8-12H2,1H3. The van der Waals surface area contributed by atoms with Crippen LogP contribution in [0.25, 0.3) is 0 Å². The molecule has 0 spiro atoms. The summed E-state index contributed by atoms with van der Waals surface area (Å²) < 4.78 is 32.4. The van der Waals surface area contributed by atoms with Crippen molar-refractivity contribution in [1.82, 2.24) is 4.31 Å². The highest BCUT2D eigenvalue weighted by molar-refractivity contribution is 7.89. The van der Waals surface area contributed by atoms with E-state index in [9.17, 15) is 18.5 Å². The van der Waals surface area contributed by atoms with E-state index < -0.39 is 14.9 Å². The molecule has 1 saturated heterocycles. The molecule has 1 aromatic carbocycles. The number of non-ortho nitro benzene ring substituents is 1. The maximum Gasteiger partial charge on any atom is 0.270 e. The number of unbranched alkanes of at least 4 members (excludes halogenated alkanes) is 3. The predicted octanol–water partition coefficient (Wildman–Crippen LogP) is 2.61. The molecule has 1 aliphatic heterocycles. The Morgan fingerprint density at radius 2 is 1.96 bits per heavy atom. The number of benzene rings is 1. The zero-order chi connectivity index (χ0) is 18.3. The van der Waals surface area contributed by atoms with E-state index in [-0.39, 0.29) is 23.7 Å². The first-order valence-electron chi connectivity index (χ1n) is 8.57. The van der Waals surface area contributed by atoms with Gasteiger partial charge < -0.3 is 10.1 Å². The minimum Gasteiger partial charge on any atom is -0.384 e. The predicted molar refractivity (Wildman–Crippen MR) is 95.3 cm³/mol. The van der Waals surface area contributed by atoms with Crippen molar-refractivity contribution in [3.63, 3.8) is 0 Å². The highest BCUT2D eigenvalue weighted by Crippen LogP contribution is 2.29.